The van der Waals surface area contributed by atoms with Crippen LogP contribution in [0, 0.1) is 18.3 Å². The van der Waals surface area contributed by atoms with E-state index in [2.05, 4.69) is 10.8 Å². The Hall–Kier alpha value is -1.01. The Labute approximate surface area is 86.1 Å². The van der Waals surface area contributed by atoms with Gasteiger partial charge in [0.15, 0.2) is 0 Å². The summed E-state index contributed by atoms with van der Waals surface area (Å²) in [6.07, 6.45) is 5.23. The molecule has 1 heterocycles. The van der Waals surface area contributed by atoms with E-state index in [0.29, 0.717) is 6.54 Å². The number of rotatable bonds is 2. The Bertz CT molecular complexity index is 234. The van der Waals surface area contributed by atoms with Crippen molar-refractivity contribution in [1.82, 2.24) is 9.80 Å². The molecule has 3 nitrogen and oxygen atoms in total. The maximum atomic E-state index is 11.6. The number of hydrogen-bond donors (Lipinski definition) is 0. The zero-order chi connectivity index (χ0) is 10.6. The molecule has 0 aliphatic carbocycles. The van der Waals surface area contributed by atoms with Crippen molar-refractivity contribution in [2.24, 2.45) is 5.92 Å². The van der Waals surface area contributed by atoms with E-state index >= 15 is 0 Å². The molecule has 1 aliphatic rings. The third-order valence-corrected chi connectivity index (χ3v) is 2.49. The Kier molecular flexibility index (Phi) is 3.97. The van der Waals surface area contributed by atoms with E-state index in [1.54, 1.807) is 0 Å². The minimum absolute atomic E-state index is 0.106. The lowest BCUT2D eigenvalue weighted by molar-refractivity contribution is -0.136. The zero-order valence-electron chi connectivity index (χ0n) is 8.99. The first kappa shape index (κ1) is 11.1. The second kappa shape index (κ2) is 5.02. The first-order chi connectivity index (χ1) is 6.65. The molecule has 1 amide bonds. The predicted molar refractivity (Wildman–Crippen MR) is 56.7 cm³/mol. The molecule has 1 fully saturated rings. The summed E-state index contributed by atoms with van der Waals surface area (Å²) >= 11 is 0. The quantitative estimate of drug-likeness (QED) is 0.595. The van der Waals surface area contributed by atoms with Crippen molar-refractivity contribution in [3.05, 3.63) is 0 Å². The molecule has 14 heavy (non-hydrogen) atoms. The molecule has 1 saturated heterocycles. The van der Waals surface area contributed by atoms with E-state index in [4.69, 9.17) is 6.42 Å². The molecular weight excluding hydrogens is 176 g/mol. The summed E-state index contributed by atoms with van der Waals surface area (Å²) in [6, 6.07) is 0. The van der Waals surface area contributed by atoms with E-state index < -0.39 is 0 Å². The van der Waals surface area contributed by atoms with E-state index in [1.807, 2.05) is 18.7 Å². The first-order valence-corrected chi connectivity index (χ1v) is 5.09. The van der Waals surface area contributed by atoms with Crippen LogP contribution < -0.4 is 0 Å². The number of carbonyl (C=O) groups excluding carboxylic acids is 1. The van der Waals surface area contributed by atoms with Gasteiger partial charge in [0.05, 0.1) is 6.54 Å². The molecule has 1 aliphatic heterocycles. The van der Waals surface area contributed by atoms with Crippen LogP contribution in [0.3, 0.4) is 0 Å². The Morgan fingerprint density at radius 1 is 1.36 bits per heavy atom. The fourth-order valence-electron chi connectivity index (χ4n) is 1.62. The molecule has 0 radical (unpaired) electrons. The molecule has 78 valence electrons. The summed E-state index contributed by atoms with van der Waals surface area (Å²) in [6.45, 7) is 8.03. The van der Waals surface area contributed by atoms with Gasteiger partial charge in [-0.25, -0.2) is 0 Å². The fraction of sp³-hybridized carbons (Fsp3) is 0.727. The van der Waals surface area contributed by atoms with Crippen LogP contribution in [0.15, 0.2) is 0 Å². The lowest BCUT2D eigenvalue weighted by Gasteiger charge is -2.34. The van der Waals surface area contributed by atoms with E-state index in [0.717, 1.165) is 26.2 Å². The highest BCUT2D eigenvalue weighted by Gasteiger charge is 2.21. The van der Waals surface area contributed by atoms with E-state index in [-0.39, 0.29) is 11.8 Å². The van der Waals surface area contributed by atoms with Gasteiger partial charge in [0.25, 0.3) is 0 Å². The second-order valence-electron chi connectivity index (χ2n) is 3.96. The molecular formula is C11H18N2O. The van der Waals surface area contributed by atoms with Gasteiger partial charge in [-0.15, -0.1) is 6.42 Å². The average molecular weight is 194 g/mol. The Morgan fingerprint density at radius 2 is 1.93 bits per heavy atom. The van der Waals surface area contributed by atoms with Crippen molar-refractivity contribution in [2.45, 2.75) is 13.8 Å². The Balaban J connectivity index is 2.36. The Morgan fingerprint density at radius 3 is 2.36 bits per heavy atom. The van der Waals surface area contributed by atoms with E-state index in [9.17, 15) is 4.79 Å². The molecule has 0 aromatic carbocycles. The third-order valence-electron chi connectivity index (χ3n) is 2.49. The van der Waals surface area contributed by atoms with Crippen LogP contribution in [0.5, 0.6) is 0 Å². The monoisotopic (exact) mass is 194 g/mol. The molecule has 1 rings (SSSR count). The summed E-state index contributed by atoms with van der Waals surface area (Å²) < 4.78 is 0. The number of amides is 1. The smallest absolute Gasteiger partial charge is 0.225 e. The number of nitrogens with zero attached hydrogens (tertiary/aromatic N) is 2. The third kappa shape index (κ3) is 2.74. The number of terminal acetylenes is 1. The molecule has 0 atom stereocenters. The standard InChI is InChI=1S/C11H18N2O/c1-4-5-12-6-8-13(9-7-12)11(14)10(2)3/h1,10H,5-9H2,2-3H3. The van der Waals surface area contributed by atoms with Gasteiger partial charge in [-0.05, 0) is 0 Å². The van der Waals surface area contributed by atoms with Crippen molar-refractivity contribution in [3.63, 3.8) is 0 Å². The maximum Gasteiger partial charge on any atom is 0.225 e. The van der Waals surface area contributed by atoms with Gasteiger partial charge >= 0.3 is 0 Å². The molecule has 3 heteroatoms. The molecule has 0 aromatic rings. The van der Waals surface area contributed by atoms with Gasteiger partial charge in [-0.1, -0.05) is 19.8 Å². The van der Waals surface area contributed by atoms with Gasteiger partial charge in [0.2, 0.25) is 5.91 Å². The van der Waals surface area contributed by atoms with Crippen molar-refractivity contribution < 1.29 is 4.79 Å². The second-order valence-corrected chi connectivity index (χ2v) is 3.96. The summed E-state index contributed by atoms with van der Waals surface area (Å²) in [4.78, 5) is 15.8. The van der Waals surface area contributed by atoms with E-state index in [1.165, 1.54) is 0 Å². The number of piperazine rings is 1. The number of carbonyl (C=O) groups is 1. The normalized spacial score (nSPS) is 18.3. The molecule has 0 aromatic heterocycles. The van der Waals surface area contributed by atoms with Gasteiger partial charge < -0.3 is 4.90 Å². The van der Waals surface area contributed by atoms with Crippen LogP contribution >= 0.6 is 0 Å². The van der Waals surface area contributed by atoms with Gasteiger partial charge in [-0.3, -0.25) is 9.69 Å². The van der Waals surface area contributed by atoms with Crippen molar-refractivity contribution in [2.75, 3.05) is 32.7 Å². The predicted octanol–water partition coefficient (Wildman–Crippen LogP) is 0.420. The number of hydrogen-bond acceptors (Lipinski definition) is 2. The van der Waals surface area contributed by atoms with Crippen molar-refractivity contribution >= 4 is 5.91 Å². The fourth-order valence-corrected chi connectivity index (χ4v) is 1.62. The minimum atomic E-state index is 0.106. The average Bonchev–Trinajstić information content (AvgIpc) is 2.18. The highest BCUT2D eigenvalue weighted by molar-refractivity contribution is 5.78. The van der Waals surface area contributed by atoms with Crippen LogP contribution in [0.4, 0.5) is 0 Å². The SMILES string of the molecule is C#CCN1CCN(C(=O)C(C)C)CC1. The van der Waals surface area contributed by atoms with Crippen LogP contribution in [-0.2, 0) is 4.79 Å². The molecule has 0 unspecified atom stereocenters. The van der Waals surface area contributed by atoms with Crippen molar-refractivity contribution in [1.29, 1.82) is 0 Å². The van der Waals surface area contributed by atoms with Gasteiger partial charge in [-0.2, -0.15) is 0 Å². The lowest BCUT2D eigenvalue weighted by Crippen LogP contribution is -2.49. The topological polar surface area (TPSA) is 23.6 Å². The zero-order valence-corrected chi connectivity index (χ0v) is 8.99. The summed E-state index contributed by atoms with van der Waals surface area (Å²) in [5.41, 5.74) is 0. The molecule has 0 N–H and O–H groups in total. The first-order valence-electron chi connectivity index (χ1n) is 5.09. The van der Waals surface area contributed by atoms with Crippen molar-refractivity contribution in [3.8, 4) is 12.3 Å². The lowest BCUT2D eigenvalue weighted by atomic mass is 10.1. The molecule has 0 saturated carbocycles. The van der Waals surface area contributed by atoms with Crippen LogP contribution in [-0.4, -0.2) is 48.4 Å². The highest BCUT2D eigenvalue weighted by Crippen LogP contribution is 2.06. The maximum absolute atomic E-state index is 11.6. The highest BCUT2D eigenvalue weighted by atomic mass is 16.2. The van der Waals surface area contributed by atoms with Gasteiger partial charge in [0, 0.05) is 32.1 Å². The minimum Gasteiger partial charge on any atom is -0.340 e. The van der Waals surface area contributed by atoms with Crippen LogP contribution in [0.2, 0.25) is 0 Å². The molecule has 0 bridgehead atoms. The van der Waals surface area contributed by atoms with Gasteiger partial charge in [0.1, 0.15) is 0 Å². The molecule has 0 spiro atoms. The van der Waals surface area contributed by atoms with Crippen LogP contribution in [0.25, 0.3) is 0 Å². The van der Waals surface area contributed by atoms with Crippen LogP contribution in [0.1, 0.15) is 13.8 Å². The summed E-state index contributed by atoms with van der Waals surface area (Å²) in [5.74, 6) is 2.99. The summed E-state index contributed by atoms with van der Waals surface area (Å²) in [5, 5.41) is 0. The largest absolute Gasteiger partial charge is 0.340 e. The summed E-state index contributed by atoms with van der Waals surface area (Å²) in [7, 11) is 0.